The first-order valence-electron chi connectivity index (χ1n) is 20.5. The van der Waals surface area contributed by atoms with Gasteiger partial charge in [-0.15, -0.1) is 0 Å². The molecule has 0 fully saturated rings. The first-order chi connectivity index (χ1) is 29.7. The van der Waals surface area contributed by atoms with Gasteiger partial charge in [0.05, 0.1) is 0 Å². The highest BCUT2D eigenvalue weighted by Crippen LogP contribution is 2.42. The van der Waals surface area contributed by atoms with Gasteiger partial charge in [-0.25, -0.2) is 0 Å². The van der Waals surface area contributed by atoms with Gasteiger partial charge in [-0.3, -0.25) is 0 Å². The number of furan rings is 1. The highest BCUT2D eigenvalue weighted by atomic mass is 16.3. The minimum Gasteiger partial charge on any atom is -0.456 e. The Hall–Kier alpha value is -7.94. The monoisotopic (exact) mass is 765 g/mol. The molecule has 0 spiro atoms. The predicted molar refractivity (Wildman–Crippen MR) is 253 cm³/mol. The summed E-state index contributed by atoms with van der Waals surface area (Å²) in [7, 11) is 0. The van der Waals surface area contributed by atoms with E-state index in [2.05, 4.69) is 229 Å². The smallest absolute Gasteiger partial charge is 0.135 e. The lowest BCUT2D eigenvalue weighted by Gasteiger charge is -2.27. The van der Waals surface area contributed by atoms with Crippen molar-refractivity contribution in [3.05, 3.63) is 237 Å². The minimum absolute atomic E-state index is 0.901. The van der Waals surface area contributed by atoms with Crippen molar-refractivity contribution >= 4 is 49.8 Å². The molecule has 2 heteroatoms. The van der Waals surface area contributed by atoms with E-state index >= 15 is 0 Å². The van der Waals surface area contributed by atoms with Crippen LogP contribution in [0.15, 0.2) is 241 Å². The highest BCUT2D eigenvalue weighted by Gasteiger charge is 2.18. The molecule has 1 aromatic heterocycles. The Morgan fingerprint density at radius 2 is 0.750 bits per heavy atom. The van der Waals surface area contributed by atoms with Crippen LogP contribution >= 0.6 is 0 Å². The second kappa shape index (κ2) is 15.1. The number of hydrogen-bond acceptors (Lipinski definition) is 2. The molecule has 282 valence electrons. The molecule has 2 nitrogen and oxygen atoms in total. The molecule has 0 aliphatic carbocycles. The third-order valence-electron chi connectivity index (χ3n) is 11.6. The van der Waals surface area contributed by atoms with Gasteiger partial charge in [-0.1, -0.05) is 170 Å². The van der Waals surface area contributed by atoms with E-state index in [9.17, 15) is 0 Å². The van der Waals surface area contributed by atoms with Gasteiger partial charge in [0.2, 0.25) is 0 Å². The van der Waals surface area contributed by atoms with Crippen molar-refractivity contribution in [3.63, 3.8) is 0 Å². The Kier molecular flexibility index (Phi) is 8.87. The molecule has 0 saturated heterocycles. The van der Waals surface area contributed by atoms with Gasteiger partial charge in [0, 0.05) is 27.8 Å². The Labute approximate surface area is 349 Å². The summed E-state index contributed by atoms with van der Waals surface area (Å²) in [5.41, 5.74) is 16.8. The second-order valence-electron chi connectivity index (χ2n) is 15.3. The molecule has 0 aliphatic rings. The average Bonchev–Trinajstić information content (AvgIpc) is 3.70. The average molecular weight is 766 g/mol. The van der Waals surface area contributed by atoms with E-state index in [1.165, 1.54) is 38.6 Å². The maximum Gasteiger partial charge on any atom is 0.135 e. The van der Waals surface area contributed by atoms with Gasteiger partial charge < -0.3 is 9.32 Å². The fourth-order valence-electron chi connectivity index (χ4n) is 8.66. The van der Waals surface area contributed by atoms with Gasteiger partial charge in [0.1, 0.15) is 11.2 Å². The molecule has 1 heterocycles. The van der Waals surface area contributed by atoms with Crippen molar-refractivity contribution in [3.8, 4) is 55.6 Å². The molecular weight excluding hydrogens is 727 g/mol. The molecular formula is C58H39NO. The number of nitrogens with zero attached hydrogens (tertiary/aromatic N) is 1. The van der Waals surface area contributed by atoms with E-state index in [1.54, 1.807) is 0 Å². The van der Waals surface area contributed by atoms with Crippen LogP contribution in [0.5, 0.6) is 0 Å². The predicted octanol–water partition coefficient (Wildman–Crippen LogP) is 16.5. The van der Waals surface area contributed by atoms with Gasteiger partial charge in [-0.2, -0.15) is 0 Å². The third-order valence-corrected chi connectivity index (χ3v) is 11.6. The summed E-state index contributed by atoms with van der Waals surface area (Å²) in [6, 6.07) is 85.1. The summed E-state index contributed by atoms with van der Waals surface area (Å²) < 4.78 is 6.16. The zero-order valence-corrected chi connectivity index (χ0v) is 32.9. The molecule has 0 N–H and O–H groups in total. The van der Waals surface area contributed by atoms with E-state index in [0.29, 0.717) is 0 Å². The highest BCUT2D eigenvalue weighted by molar-refractivity contribution is 6.06. The molecule has 0 unspecified atom stereocenters. The maximum atomic E-state index is 6.16. The van der Waals surface area contributed by atoms with Crippen molar-refractivity contribution < 1.29 is 4.42 Å². The zero-order valence-electron chi connectivity index (χ0n) is 32.9. The summed E-state index contributed by atoms with van der Waals surface area (Å²) in [5.74, 6) is 0. The van der Waals surface area contributed by atoms with Crippen LogP contribution in [0.1, 0.15) is 0 Å². The van der Waals surface area contributed by atoms with Crippen LogP contribution in [0, 0.1) is 0 Å². The molecule has 0 radical (unpaired) electrons. The van der Waals surface area contributed by atoms with Gasteiger partial charge in [0.25, 0.3) is 0 Å². The van der Waals surface area contributed by atoms with Crippen LogP contribution < -0.4 is 4.90 Å². The number of benzene rings is 10. The Morgan fingerprint density at radius 3 is 1.52 bits per heavy atom. The molecule has 11 rings (SSSR count). The van der Waals surface area contributed by atoms with E-state index < -0.39 is 0 Å². The standard InChI is InChI=1S/C58H39NO/c1-3-14-40(15-4-1)48-35-49(41-16-5-2-6-17-41)38-52(37-48)59(50-31-28-42(29-32-50)46-30-33-58-56(39-46)55-25-9-10-27-57(55)60-58)51-23-12-21-45(36-51)44-20-11-22-47(34-44)54-26-13-19-43-18-7-8-24-53(43)54/h1-39H. The minimum atomic E-state index is 0.901. The van der Waals surface area contributed by atoms with E-state index in [-0.39, 0.29) is 0 Å². The molecule has 0 amide bonds. The SMILES string of the molecule is c1ccc(-c2cc(-c3ccccc3)cc(N(c3ccc(-c4ccc5oc6ccccc6c5c4)cc3)c3cccc(-c4cccc(-c5cccc6ccccc56)c4)c3)c2)cc1. The van der Waals surface area contributed by atoms with Crippen LogP contribution in [0.3, 0.4) is 0 Å². The van der Waals surface area contributed by atoms with E-state index in [0.717, 1.165) is 66.8 Å². The van der Waals surface area contributed by atoms with E-state index in [1.807, 2.05) is 12.1 Å². The number of fused-ring (bicyclic) bond motifs is 4. The summed E-state index contributed by atoms with van der Waals surface area (Å²) in [5, 5.41) is 4.76. The molecule has 0 bridgehead atoms. The molecule has 0 aliphatic heterocycles. The number of hydrogen-bond donors (Lipinski definition) is 0. The first-order valence-corrected chi connectivity index (χ1v) is 20.5. The van der Waals surface area contributed by atoms with Crippen molar-refractivity contribution in [2.24, 2.45) is 0 Å². The lowest BCUT2D eigenvalue weighted by Crippen LogP contribution is -2.10. The van der Waals surface area contributed by atoms with Crippen LogP contribution in [0.2, 0.25) is 0 Å². The van der Waals surface area contributed by atoms with Crippen molar-refractivity contribution in [2.45, 2.75) is 0 Å². The largest absolute Gasteiger partial charge is 0.456 e. The fraction of sp³-hybridized carbons (Fsp3) is 0. The summed E-state index contributed by atoms with van der Waals surface area (Å²) in [6.07, 6.45) is 0. The second-order valence-corrected chi connectivity index (χ2v) is 15.3. The van der Waals surface area contributed by atoms with Crippen LogP contribution in [-0.2, 0) is 0 Å². The third kappa shape index (κ3) is 6.61. The molecule has 10 aromatic carbocycles. The van der Waals surface area contributed by atoms with E-state index in [4.69, 9.17) is 4.42 Å². The number of para-hydroxylation sites is 1. The summed E-state index contributed by atoms with van der Waals surface area (Å²) in [4.78, 5) is 2.40. The van der Waals surface area contributed by atoms with Crippen LogP contribution in [0.25, 0.3) is 88.3 Å². The number of anilines is 3. The maximum absolute atomic E-state index is 6.16. The zero-order chi connectivity index (χ0) is 39.8. The quantitative estimate of drug-likeness (QED) is 0.153. The van der Waals surface area contributed by atoms with Gasteiger partial charge in [-0.05, 0) is 133 Å². The lowest BCUT2D eigenvalue weighted by molar-refractivity contribution is 0.669. The summed E-state index contributed by atoms with van der Waals surface area (Å²) in [6.45, 7) is 0. The fourth-order valence-corrected chi connectivity index (χ4v) is 8.66. The molecule has 11 aromatic rings. The van der Waals surface area contributed by atoms with Crippen molar-refractivity contribution in [1.29, 1.82) is 0 Å². The molecule has 60 heavy (non-hydrogen) atoms. The lowest BCUT2D eigenvalue weighted by atomic mass is 9.95. The summed E-state index contributed by atoms with van der Waals surface area (Å²) >= 11 is 0. The first kappa shape index (κ1) is 35.2. The molecule has 0 saturated carbocycles. The Bertz CT molecular complexity index is 3250. The Morgan fingerprint density at radius 1 is 0.250 bits per heavy atom. The van der Waals surface area contributed by atoms with Gasteiger partial charge in [0.15, 0.2) is 0 Å². The van der Waals surface area contributed by atoms with Gasteiger partial charge >= 0.3 is 0 Å². The van der Waals surface area contributed by atoms with Crippen molar-refractivity contribution in [2.75, 3.05) is 4.90 Å². The Balaban J connectivity index is 1.05. The van der Waals surface area contributed by atoms with Crippen LogP contribution in [-0.4, -0.2) is 0 Å². The van der Waals surface area contributed by atoms with Crippen molar-refractivity contribution in [1.82, 2.24) is 0 Å². The topological polar surface area (TPSA) is 16.4 Å². The normalized spacial score (nSPS) is 11.3. The molecule has 0 atom stereocenters. The van der Waals surface area contributed by atoms with Crippen LogP contribution in [0.4, 0.5) is 17.1 Å². The number of rotatable bonds is 8.